The quantitative estimate of drug-likeness (QED) is 0.771. The molecule has 1 aliphatic rings. The minimum atomic E-state index is -3.48. The third-order valence-corrected chi connectivity index (χ3v) is 6.20. The maximum atomic E-state index is 12.8. The Kier molecular flexibility index (Phi) is 6.36. The van der Waals surface area contributed by atoms with Crippen molar-refractivity contribution in [1.29, 1.82) is 0 Å². The van der Waals surface area contributed by atoms with Gasteiger partial charge in [0, 0.05) is 12.8 Å². The number of methoxy groups -OCH3 is 1. The van der Waals surface area contributed by atoms with E-state index in [4.69, 9.17) is 4.74 Å². The van der Waals surface area contributed by atoms with Crippen LogP contribution in [0.5, 0.6) is 5.75 Å². The van der Waals surface area contributed by atoms with Gasteiger partial charge in [0.1, 0.15) is 5.75 Å². The second-order valence-corrected chi connectivity index (χ2v) is 9.00. The van der Waals surface area contributed by atoms with Crippen molar-refractivity contribution in [2.24, 2.45) is 0 Å². The van der Waals surface area contributed by atoms with Crippen LogP contribution in [0.25, 0.3) is 0 Å². The Morgan fingerprint density at radius 2 is 1.86 bits per heavy atom. The minimum absolute atomic E-state index is 0.00643. The highest BCUT2D eigenvalue weighted by molar-refractivity contribution is 7.90. The highest BCUT2D eigenvalue weighted by Gasteiger charge is 2.25. The lowest BCUT2D eigenvalue weighted by Crippen LogP contribution is -2.37. The van der Waals surface area contributed by atoms with Crippen molar-refractivity contribution in [3.05, 3.63) is 59.7 Å². The van der Waals surface area contributed by atoms with Crippen LogP contribution in [-0.2, 0) is 9.84 Å². The molecule has 0 aliphatic carbocycles. The van der Waals surface area contributed by atoms with Gasteiger partial charge in [-0.05, 0) is 55.8 Å². The number of carbonyl (C=O) groups is 1. The van der Waals surface area contributed by atoms with Gasteiger partial charge in [-0.15, -0.1) is 0 Å². The van der Waals surface area contributed by atoms with Gasteiger partial charge in [-0.25, -0.2) is 8.42 Å². The zero-order valence-corrected chi connectivity index (χ0v) is 17.0. The van der Waals surface area contributed by atoms with Gasteiger partial charge in [-0.2, -0.15) is 0 Å². The van der Waals surface area contributed by atoms with E-state index in [0.29, 0.717) is 6.54 Å². The summed E-state index contributed by atoms with van der Waals surface area (Å²) in [6, 6.07) is 14.2. The second-order valence-electron chi connectivity index (χ2n) is 7.01. The van der Waals surface area contributed by atoms with Crippen LogP contribution < -0.4 is 10.1 Å². The van der Waals surface area contributed by atoms with Crippen LogP contribution in [0.1, 0.15) is 34.8 Å². The first-order chi connectivity index (χ1) is 13.4. The fourth-order valence-corrected chi connectivity index (χ4v) is 4.51. The molecule has 2 aromatic carbocycles. The molecule has 1 atom stereocenters. The molecule has 1 saturated heterocycles. The molecule has 1 unspecified atom stereocenters. The second kappa shape index (κ2) is 8.75. The summed E-state index contributed by atoms with van der Waals surface area (Å²) in [5, 5.41) is 2.94. The Bertz CT molecular complexity index is 937. The summed E-state index contributed by atoms with van der Waals surface area (Å²) in [5.74, 6) is 0.392. The lowest BCUT2D eigenvalue weighted by molar-refractivity contribution is 0.0934. The van der Waals surface area contributed by atoms with E-state index < -0.39 is 9.84 Å². The number of benzene rings is 2. The van der Waals surface area contributed by atoms with Gasteiger partial charge in [0.15, 0.2) is 9.84 Å². The zero-order chi connectivity index (χ0) is 20.1. The maximum absolute atomic E-state index is 12.8. The lowest BCUT2D eigenvalue weighted by atomic mass is 10.0. The van der Waals surface area contributed by atoms with Gasteiger partial charge < -0.3 is 10.1 Å². The maximum Gasteiger partial charge on any atom is 0.252 e. The normalized spacial score (nSPS) is 15.9. The molecular weight excluding hydrogens is 376 g/mol. The fourth-order valence-electron chi connectivity index (χ4n) is 3.62. The molecular formula is C21H26N2O4S. The van der Waals surface area contributed by atoms with Crippen molar-refractivity contribution in [1.82, 2.24) is 10.2 Å². The number of nitrogens with zero attached hydrogens (tertiary/aromatic N) is 1. The number of hydrogen-bond acceptors (Lipinski definition) is 5. The topological polar surface area (TPSA) is 75.7 Å². The Morgan fingerprint density at radius 1 is 1.14 bits per heavy atom. The number of hydrogen-bond donors (Lipinski definition) is 1. The predicted octanol–water partition coefficient (Wildman–Crippen LogP) is 2.67. The molecule has 3 rings (SSSR count). The Labute approximate surface area is 166 Å². The van der Waals surface area contributed by atoms with E-state index in [1.807, 2.05) is 24.3 Å². The van der Waals surface area contributed by atoms with Crippen molar-refractivity contribution in [2.45, 2.75) is 23.8 Å². The molecule has 0 spiro atoms. The largest absolute Gasteiger partial charge is 0.497 e. The highest BCUT2D eigenvalue weighted by atomic mass is 32.2. The van der Waals surface area contributed by atoms with Crippen molar-refractivity contribution < 1.29 is 17.9 Å². The average molecular weight is 403 g/mol. The molecule has 6 nitrogen and oxygen atoms in total. The van der Waals surface area contributed by atoms with Crippen LogP contribution in [0.4, 0.5) is 0 Å². The number of ether oxygens (including phenoxy) is 1. The molecule has 1 fully saturated rings. The smallest absolute Gasteiger partial charge is 0.252 e. The van der Waals surface area contributed by atoms with Crippen LogP contribution >= 0.6 is 0 Å². The average Bonchev–Trinajstić information content (AvgIpc) is 3.22. The predicted molar refractivity (Wildman–Crippen MR) is 108 cm³/mol. The van der Waals surface area contributed by atoms with Gasteiger partial charge in [0.05, 0.1) is 23.6 Å². The molecule has 1 N–H and O–H groups in total. The number of likely N-dealkylation sites (tertiary alicyclic amines) is 1. The van der Waals surface area contributed by atoms with Gasteiger partial charge in [-0.1, -0.05) is 24.3 Å². The van der Waals surface area contributed by atoms with E-state index in [1.165, 1.54) is 6.07 Å². The monoisotopic (exact) mass is 402 g/mol. The lowest BCUT2D eigenvalue weighted by Gasteiger charge is -2.28. The Hall–Kier alpha value is -2.38. The molecule has 0 bridgehead atoms. The molecule has 1 aliphatic heterocycles. The summed E-state index contributed by atoms with van der Waals surface area (Å²) < 4.78 is 29.3. The first-order valence-electron chi connectivity index (χ1n) is 9.35. The van der Waals surface area contributed by atoms with Crippen molar-refractivity contribution >= 4 is 15.7 Å². The first-order valence-corrected chi connectivity index (χ1v) is 11.2. The number of sulfone groups is 1. The van der Waals surface area contributed by atoms with Crippen LogP contribution in [0.15, 0.2) is 53.4 Å². The van der Waals surface area contributed by atoms with Crippen LogP contribution in [-0.4, -0.2) is 52.2 Å². The van der Waals surface area contributed by atoms with Crippen molar-refractivity contribution in [3.8, 4) is 5.75 Å². The molecule has 28 heavy (non-hydrogen) atoms. The highest BCUT2D eigenvalue weighted by Crippen LogP contribution is 2.27. The summed E-state index contributed by atoms with van der Waals surface area (Å²) in [7, 11) is -1.85. The third kappa shape index (κ3) is 4.72. The zero-order valence-electron chi connectivity index (χ0n) is 16.2. The molecule has 0 aromatic heterocycles. The van der Waals surface area contributed by atoms with Gasteiger partial charge >= 0.3 is 0 Å². The minimum Gasteiger partial charge on any atom is -0.497 e. The molecule has 1 heterocycles. The van der Waals surface area contributed by atoms with E-state index in [1.54, 1.807) is 25.3 Å². The van der Waals surface area contributed by atoms with Crippen LogP contribution in [0, 0.1) is 0 Å². The molecule has 150 valence electrons. The first kappa shape index (κ1) is 20.4. The van der Waals surface area contributed by atoms with E-state index in [2.05, 4.69) is 10.2 Å². The van der Waals surface area contributed by atoms with Gasteiger partial charge in [-0.3, -0.25) is 9.69 Å². The fraction of sp³-hybridized carbons (Fsp3) is 0.381. The molecule has 0 radical (unpaired) electrons. The van der Waals surface area contributed by atoms with E-state index in [-0.39, 0.29) is 22.4 Å². The Morgan fingerprint density at radius 3 is 2.54 bits per heavy atom. The third-order valence-electron chi connectivity index (χ3n) is 5.05. The van der Waals surface area contributed by atoms with E-state index >= 15 is 0 Å². The van der Waals surface area contributed by atoms with Crippen LogP contribution in [0.3, 0.4) is 0 Å². The summed E-state index contributed by atoms with van der Waals surface area (Å²) in [6.07, 6.45) is 3.37. The summed E-state index contributed by atoms with van der Waals surface area (Å²) in [4.78, 5) is 15.2. The van der Waals surface area contributed by atoms with Crippen molar-refractivity contribution in [2.75, 3.05) is 33.0 Å². The molecule has 1 amide bonds. The molecule has 0 saturated carbocycles. The summed E-state index contributed by atoms with van der Waals surface area (Å²) in [6.45, 7) is 2.33. The summed E-state index contributed by atoms with van der Waals surface area (Å²) >= 11 is 0. The summed E-state index contributed by atoms with van der Waals surface area (Å²) in [5.41, 5.74) is 1.24. The SMILES string of the molecule is COc1cccc(C(CNC(=O)c2ccccc2S(C)(=O)=O)N2CCCC2)c1. The number of nitrogens with one attached hydrogen (secondary N) is 1. The molecule has 2 aromatic rings. The molecule has 7 heteroatoms. The number of amides is 1. The number of rotatable bonds is 7. The van der Waals surface area contributed by atoms with Crippen LogP contribution in [0.2, 0.25) is 0 Å². The van der Waals surface area contributed by atoms with Gasteiger partial charge in [0.2, 0.25) is 0 Å². The van der Waals surface area contributed by atoms with E-state index in [0.717, 1.165) is 43.5 Å². The van der Waals surface area contributed by atoms with E-state index in [9.17, 15) is 13.2 Å². The Balaban J connectivity index is 1.82. The van der Waals surface area contributed by atoms with Crippen molar-refractivity contribution in [3.63, 3.8) is 0 Å². The standard InChI is InChI=1S/C21H26N2O4S/c1-27-17-9-7-8-16(14-17)19(23-12-5-6-13-23)15-22-21(24)18-10-3-4-11-20(18)28(2,25)26/h3-4,7-11,14,19H,5-6,12-13,15H2,1-2H3,(H,22,24). The van der Waals surface area contributed by atoms with Gasteiger partial charge in [0.25, 0.3) is 5.91 Å². The number of carbonyl (C=O) groups excluding carboxylic acids is 1.